The summed E-state index contributed by atoms with van der Waals surface area (Å²) in [6.07, 6.45) is 1.96. The Balaban J connectivity index is 1.07. The second-order valence-corrected chi connectivity index (χ2v) is 14.3. The molecule has 52 heavy (non-hydrogen) atoms. The highest BCUT2D eigenvalue weighted by Gasteiger charge is 2.34. The number of benzene rings is 8. The highest BCUT2D eigenvalue weighted by Crippen LogP contribution is 2.58. The average molecular weight is 660 g/mol. The number of hydrogen-bond acceptors (Lipinski definition) is 3. The van der Waals surface area contributed by atoms with E-state index in [9.17, 15) is 0 Å². The summed E-state index contributed by atoms with van der Waals surface area (Å²) in [6.45, 7) is 0. The first-order chi connectivity index (χ1) is 25.8. The lowest BCUT2D eigenvalue weighted by Crippen LogP contribution is -2.00. The molecule has 0 unspecified atom stereocenters. The van der Waals surface area contributed by atoms with Crippen LogP contribution < -0.4 is 0 Å². The molecule has 240 valence electrons. The minimum absolute atomic E-state index is 0.668. The van der Waals surface area contributed by atoms with Gasteiger partial charge in [-0.15, -0.1) is 0 Å². The highest BCUT2D eigenvalue weighted by molar-refractivity contribution is 6.21. The van der Waals surface area contributed by atoms with Crippen LogP contribution in [0, 0.1) is 0 Å². The van der Waals surface area contributed by atoms with Crippen LogP contribution in [0.1, 0.15) is 22.3 Å². The molecule has 3 nitrogen and oxygen atoms in total. The van der Waals surface area contributed by atoms with Crippen LogP contribution in [0.2, 0.25) is 0 Å². The Kier molecular flexibility index (Phi) is 5.61. The monoisotopic (exact) mass is 659 g/mol. The van der Waals surface area contributed by atoms with E-state index < -0.39 is 0 Å². The summed E-state index contributed by atoms with van der Waals surface area (Å²) in [5.74, 6) is 2.01. The lowest BCUT2D eigenvalue weighted by atomic mass is 9.87. The Hall–Kier alpha value is -6.71. The fourth-order valence-electron chi connectivity index (χ4n) is 9.23. The van der Waals surface area contributed by atoms with Crippen molar-refractivity contribution in [2.24, 2.45) is 0 Å². The molecule has 3 heteroatoms. The van der Waals surface area contributed by atoms with Crippen molar-refractivity contribution in [2.75, 3.05) is 0 Å². The van der Waals surface area contributed by atoms with Crippen molar-refractivity contribution in [3.05, 3.63) is 174 Å². The standard InChI is InChI=1S/C49H29N3/c1-3-10-28(11-4-1)47-50-48(29-12-5-2-6-13-29)52-49(51-47)40-19-7-14-30-24-31(20-22-36(30)40)41-27-35-26-33-16-9-18-38-37-17-8-15-32-25-34-21-23-39(41)46(44(34)42(32)37)45(35)43(33)38/h1-24,27H,25-26H2. The smallest absolute Gasteiger partial charge is 0.164 e. The lowest BCUT2D eigenvalue weighted by molar-refractivity contribution is 1.08. The van der Waals surface area contributed by atoms with E-state index in [2.05, 4.69) is 115 Å². The van der Waals surface area contributed by atoms with E-state index in [1.54, 1.807) is 0 Å². The average Bonchev–Trinajstić information content (AvgIpc) is 3.75. The van der Waals surface area contributed by atoms with Gasteiger partial charge in [0, 0.05) is 16.7 Å². The van der Waals surface area contributed by atoms with Gasteiger partial charge in [-0.1, -0.05) is 140 Å². The van der Waals surface area contributed by atoms with E-state index in [-0.39, 0.29) is 0 Å². The minimum Gasteiger partial charge on any atom is -0.208 e. The highest BCUT2D eigenvalue weighted by atomic mass is 15.0. The van der Waals surface area contributed by atoms with Gasteiger partial charge in [-0.2, -0.15) is 0 Å². The first kappa shape index (κ1) is 28.0. The van der Waals surface area contributed by atoms with Crippen LogP contribution in [0.3, 0.4) is 0 Å². The Morgan fingerprint density at radius 3 is 1.58 bits per heavy atom. The molecular weight excluding hydrogens is 631 g/mol. The molecule has 12 rings (SSSR count). The maximum Gasteiger partial charge on any atom is 0.164 e. The van der Waals surface area contributed by atoms with Gasteiger partial charge in [0.25, 0.3) is 0 Å². The first-order valence-electron chi connectivity index (χ1n) is 18.0. The minimum atomic E-state index is 0.668. The fourth-order valence-corrected chi connectivity index (χ4v) is 9.23. The number of aromatic nitrogens is 3. The second-order valence-electron chi connectivity index (χ2n) is 14.3. The topological polar surface area (TPSA) is 38.7 Å². The molecule has 0 fully saturated rings. The van der Waals surface area contributed by atoms with E-state index in [1.807, 2.05) is 36.4 Å². The summed E-state index contributed by atoms with van der Waals surface area (Å²) in [6, 6.07) is 54.8. The molecule has 3 aliphatic carbocycles. The van der Waals surface area contributed by atoms with Crippen LogP contribution in [0.5, 0.6) is 0 Å². The maximum atomic E-state index is 5.06. The number of rotatable bonds is 4. The molecule has 0 spiro atoms. The van der Waals surface area contributed by atoms with Crippen LogP contribution in [0.25, 0.3) is 100 Å². The van der Waals surface area contributed by atoms with Crippen LogP contribution in [-0.4, -0.2) is 15.0 Å². The Bertz CT molecular complexity index is 2920. The lowest BCUT2D eigenvalue weighted by Gasteiger charge is -2.17. The van der Waals surface area contributed by atoms with E-state index in [4.69, 9.17) is 15.0 Å². The molecule has 3 aliphatic rings. The first-order valence-corrected chi connectivity index (χ1v) is 18.0. The van der Waals surface area contributed by atoms with E-state index >= 15 is 0 Å². The number of hydrogen-bond donors (Lipinski definition) is 0. The maximum absolute atomic E-state index is 5.06. The van der Waals surface area contributed by atoms with Gasteiger partial charge in [0.05, 0.1) is 0 Å². The molecular formula is C49H29N3. The van der Waals surface area contributed by atoms with Crippen molar-refractivity contribution in [2.45, 2.75) is 12.8 Å². The van der Waals surface area contributed by atoms with Gasteiger partial charge >= 0.3 is 0 Å². The van der Waals surface area contributed by atoms with E-state index in [1.165, 1.54) is 77.5 Å². The van der Waals surface area contributed by atoms with Gasteiger partial charge in [-0.3, -0.25) is 0 Å². The predicted molar refractivity (Wildman–Crippen MR) is 212 cm³/mol. The Labute approximate surface area is 301 Å². The summed E-state index contributed by atoms with van der Waals surface area (Å²) in [7, 11) is 0. The summed E-state index contributed by atoms with van der Waals surface area (Å²) >= 11 is 0. The molecule has 0 atom stereocenters. The number of fused-ring (bicyclic) bond motifs is 2. The zero-order chi connectivity index (χ0) is 33.9. The molecule has 9 aromatic rings. The molecule has 0 radical (unpaired) electrons. The normalized spacial score (nSPS) is 12.8. The fraction of sp³-hybridized carbons (Fsp3) is 0.0408. The molecule has 0 amide bonds. The number of nitrogens with zero attached hydrogens (tertiary/aromatic N) is 3. The third-order valence-corrected chi connectivity index (χ3v) is 11.5. The predicted octanol–water partition coefficient (Wildman–Crippen LogP) is 12.0. The van der Waals surface area contributed by atoms with Gasteiger partial charge in [0.15, 0.2) is 17.5 Å². The third-order valence-electron chi connectivity index (χ3n) is 11.5. The van der Waals surface area contributed by atoms with Crippen molar-refractivity contribution in [1.82, 2.24) is 15.0 Å². The van der Waals surface area contributed by atoms with E-state index in [0.717, 1.165) is 40.3 Å². The Morgan fingerprint density at radius 1 is 0.327 bits per heavy atom. The van der Waals surface area contributed by atoms with Crippen molar-refractivity contribution in [1.29, 1.82) is 0 Å². The molecule has 1 heterocycles. The zero-order valence-corrected chi connectivity index (χ0v) is 28.2. The van der Waals surface area contributed by atoms with Crippen LogP contribution >= 0.6 is 0 Å². The zero-order valence-electron chi connectivity index (χ0n) is 28.2. The molecule has 0 saturated carbocycles. The SMILES string of the molecule is c1ccc(-c2nc(-c3ccccc3)nc(-c3cccc4cc(-c5cc6c7c8c9c(ccc58)Cc5cccc(c5-9)-c5cccc(c5-7)C6)ccc34)n2)cc1. The van der Waals surface area contributed by atoms with Gasteiger partial charge < -0.3 is 0 Å². The summed E-state index contributed by atoms with van der Waals surface area (Å²) in [5, 5.41) is 5.05. The molecule has 8 aromatic carbocycles. The summed E-state index contributed by atoms with van der Waals surface area (Å²) < 4.78 is 0. The van der Waals surface area contributed by atoms with Gasteiger partial charge in [-0.05, 0) is 113 Å². The van der Waals surface area contributed by atoms with Crippen LogP contribution in [-0.2, 0) is 12.8 Å². The van der Waals surface area contributed by atoms with Gasteiger partial charge in [-0.25, -0.2) is 15.0 Å². The molecule has 0 bridgehead atoms. The quantitative estimate of drug-likeness (QED) is 0.189. The third kappa shape index (κ3) is 3.88. The second kappa shape index (κ2) is 10.4. The van der Waals surface area contributed by atoms with E-state index in [0.29, 0.717) is 17.5 Å². The molecule has 0 saturated heterocycles. The largest absolute Gasteiger partial charge is 0.208 e. The molecule has 0 aliphatic heterocycles. The molecule has 1 aromatic heterocycles. The van der Waals surface area contributed by atoms with Gasteiger partial charge in [0.2, 0.25) is 0 Å². The van der Waals surface area contributed by atoms with Crippen LogP contribution in [0.15, 0.2) is 152 Å². The summed E-state index contributed by atoms with van der Waals surface area (Å²) in [4.78, 5) is 15.1. The van der Waals surface area contributed by atoms with Crippen molar-refractivity contribution >= 4 is 21.5 Å². The van der Waals surface area contributed by atoms with Crippen LogP contribution in [0.4, 0.5) is 0 Å². The van der Waals surface area contributed by atoms with Crippen molar-refractivity contribution < 1.29 is 0 Å². The summed E-state index contributed by atoms with van der Waals surface area (Å²) in [5.41, 5.74) is 19.8. The van der Waals surface area contributed by atoms with Crippen molar-refractivity contribution in [3.8, 4) is 78.7 Å². The molecule has 0 N–H and O–H groups in total. The van der Waals surface area contributed by atoms with Crippen molar-refractivity contribution in [3.63, 3.8) is 0 Å². The van der Waals surface area contributed by atoms with Gasteiger partial charge in [0.1, 0.15) is 0 Å². The Morgan fingerprint density at radius 2 is 0.885 bits per heavy atom.